The number of anilines is 1. The largest absolute Gasteiger partial charge is 0.370 e. The second-order valence-electron chi connectivity index (χ2n) is 3.30. The van der Waals surface area contributed by atoms with E-state index in [0.29, 0.717) is 11.8 Å². The summed E-state index contributed by atoms with van der Waals surface area (Å²) in [5.74, 6) is 2.08. The molecule has 1 unspecified atom stereocenters. The van der Waals surface area contributed by atoms with Crippen LogP contribution in [0.2, 0.25) is 0 Å². The van der Waals surface area contributed by atoms with Gasteiger partial charge >= 0.3 is 0 Å². The van der Waals surface area contributed by atoms with Crippen LogP contribution in [0.3, 0.4) is 0 Å². The zero-order valence-electron chi connectivity index (χ0n) is 8.05. The summed E-state index contributed by atoms with van der Waals surface area (Å²) in [6.45, 7) is 4.96. The van der Waals surface area contributed by atoms with Gasteiger partial charge in [-0.2, -0.15) is 0 Å². The zero-order chi connectivity index (χ0) is 9.68. The van der Waals surface area contributed by atoms with Gasteiger partial charge in [0, 0.05) is 18.1 Å². The highest BCUT2D eigenvalue weighted by molar-refractivity contribution is 6.18. The second-order valence-corrected chi connectivity index (χ2v) is 3.61. The van der Waals surface area contributed by atoms with Gasteiger partial charge in [-0.15, -0.1) is 11.6 Å². The van der Waals surface area contributed by atoms with E-state index in [2.05, 4.69) is 17.2 Å². The molecule has 0 radical (unpaired) electrons. The summed E-state index contributed by atoms with van der Waals surface area (Å²) in [5, 5.41) is 3.24. The normalized spacial score (nSPS) is 12.5. The lowest BCUT2D eigenvalue weighted by Crippen LogP contribution is -2.13. The molecule has 1 atom stereocenters. The Bertz CT molecular complexity index is 263. The van der Waals surface area contributed by atoms with Gasteiger partial charge < -0.3 is 5.32 Å². The molecule has 1 aromatic rings. The molecule has 72 valence electrons. The van der Waals surface area contributed by atoms with Gasteiger partial charge in [0.05, 0.1) is 0 Å². The maximum absolute atomic E-state index is 5.69. The molecule has 0 fully saturated rings. The summed E-state index contributed by atoms with van der Waals surface area (Å²) in [5.41, 5.74) is 1.03. The third kappa shape index (κ3) is 3.64. The maximum Gasteiger partial charge on any atom is 0.126 e. The molecule has 0 aliphatic heterocycles. The highest BCUT2D eigenvalue weighted by Crippen LogP contribution is 2.05. The molecular weight excluding hydrogens is 184 g/mol. The minimum absolute atomic E-state index is 0.476. The van der Waals surface area contributed by atoms with Crippen LogP contribution in [0.5, 0.6) is 0 Å². The minimum Gasteiger partial charge on any atom is -0.370 e. The first-order valence-electron chi connectivity index (χ1n) is 4.46. The van der Waals surface area contributed by atoms with E-state index < -0.39 is 0 Å². The first kappa shape index (κ1) is 10.3. The van der Waals surface area contributed by atoms with E-state index in [-0.39, 0.29) is 0 Å². The lowest BCUT2D eigenvalue weighted by Gasteiger charge is -2.09. The number of alkyl halides is 1. The van der Waals surface area contributed by atoms with Gasteiger partial charge in [0.25, 0.3) is 0 Å². The van der Waals surface area contributed by atoms with Crippen molar-refractivity contribution in [1.82, 2.24) is 4.98 Å². The van der Waals surface area contributed by atoms with Crippen molar-refractivity contribution in [2.45, 2.75) is 13.8 Å². The van der Waals surface area contributed by atoms with Crippen LogP contribution in [0.25, 0.3) is 0 Å². The highest BCUT2D eigenvalue weighted by atomic mass is 35.5. The average Bonchev–Trinajstić information content (AvgIpc) is 2.14. The van der Waals surface area contributed by atoms with Crippen LogP contribution >= 0.6 is 11.6 Å². The first-order chi connectivity index (χ1) is 6.22. The Hall–Kier alpha value is -0.760. The van der Waals surface area contributed by atoms with Gasteiger partial charge in [-0.1, -0.05) is 13.0 Å². The highest BCUT2D eigenvalue weighted by Gasteiger charge is 1.99. The van der Waals surface area contributed by atoms with Crippen LogP contribution in [0.4, 0.5) is 5.82 Å². The summed E-state index contributed by atoms with van der Waals surface area (Å²) in [7, 11) is 0. The monoisotopic (exact) mass is 198 g/mol. The number of aromatic nitrogens is 1. The maximum atomic E-state index is 5.69. The van der Waals surface area contributed by atoms with E-state index in [1.807, 2.05) is 25.1 Å². The van der Waals surface area contributed by atoms with Crippen LogP contribution in [-0.2, 0) is 0 Å². The molecule has 0 saturated heterocycles. The van der Waals surface area contributed by atoms with Gasteiger partial charge in [-0.05, 0) is 25.0 Å². The Labute approximate surface area is 84.3 Å². The molecule has 0 aromatic carbocycles. The summed E-state index contributed by atoms with van der Waals surface area (Å²) < 4.78 is 0. The molecule has 2 nitrogen and oxygen atoms in total. The zero-order valence-corrected chi connectivity index (χ0v) is 8.80. The van der Waals surface area contributed by atoms with Crippen LogP contribution in [0.1, 0.15) is 12.6 Å². The lowest BCUT2D eigenvalue weighted by atomic mass is 10.2. The Morgan fingerprint density at radius 1 is 1.54 bits per heavy atom. The van der Waals surface area contributed by atoms with Crippen LogP contribution < -0.4 is 5.32 Å². The van der Waals surface area contributed by atoms with Crippen molar-refractivity contribution < 1.29 is 0 Å². The molecule has 1 rings (SSSR count). The molecule has 0 spiro atoms. The fourth-order valence-electron chi connectivity index (χ4n) is 0.975. The lowest BCUT2D eigenvalue weighted by molar-refractivity contribution is 0.694. The molecule has 3 heteroatoms. The van der Waals surface area contributed by atoms with Crippen molar-refractivity contribution in [3.8, 4) is 0 Å². The minimum atomic E-state index is 0.476. The van der Waals surface area contributed by atoms with E-state index in [1.54, 1.807) is 0 Å². The Balaban J connectivity index is 2.45. The topological polar surface area (TPSA) is 24.9 Å². The van der Waals surface area contributed by atoms with Gasteiger partial charge in [-0.25, -0.2) is 4.98 Å². The number of hydrogen-bond acceptors (Lipinski definition) is 2. The number of nitrogens with zero attached hydrogens (tertiary/aromatic N) is 1. The number of rotatable bonds is 4. The number of aryl methyl sites for hydroxylation is 1. The third-order valence-corrected chi connectivity index (χ3v) is 2.31. The van der Waals surface area contributed by atoms with Crippen molar-refractivity contribution in [1.29, 1.82) is 0 Å². The summed E-state index contributed by atoms with van der Waals surface area (Å²) in [4.78, 5) is 4.33. The van der Waals surface area contributed by atoms with Crippen molar-refractivity contribution >= 4 is 17.4 Å². The number of pyridine rings is 1. The third-order valence-electron chi connectivity index (χ3n) is 1.78. The van der Waals surface area contributed by atoms with Crippen molar-refractivity contribution in [3.63, 3.8) is 0 Å². The molecular formula is C10H15ClN2. The van der Waals surface area contributed by atoms with Crippen molar-refractivity contribution in [2.75, 3.05) is 17.7 Å². The van der Waals surface area contributed by atoms with E-state index in [9.17, 15) is 0 Å². The Kier molecular flexibility index (Phi) is 4.03. The molecule has 0 saturated carbocycles. The van der Waals surface area contributed by atoms with E-state index in [0.717, 1.165) is 18.1 Å². The number of hydrogen-bond donors (Lipinski definition) is 1. The van der Waals surface area contributed by atoms with Gasteiger partial charge in [0.15, 0.2) is 0 Å². The predicted octanol–water partition coefficient (Wildman–Crippen LogP) is 2.68. The fourth-order valence-corrected chi connectivity index (χ4v) is 1.08. The first-order valence-corrected chi connectivity index (χ1v) is 4.99. The molecule has 13 heavy (non-hydrogen) atoms. The standard InChI is InChI=1S/C10H15ClN2/c1-8(6-11)7-12-10-5-3-4-9(2)13-10/h3-5,8H,6-7H2,1-2H3,(H,12,13). The van der Waals surface area contributed by atoms with E-state index in [1.165, 1.54) is 0 Å². The van der Waals surface area contributed by atoms with Crippen molar-refractivity contribution in [3.05, 3.63) is 23.9 Å². The predicted molar refractivity (Wildman–Crippen MR) is 57.3 cm³/mol. The number of nitrogens with one attached hydrogen (secondary N) is 1. The molecule has 0 bridgehead atoms. The van der Waals surface area contributed by atoms with Crippen LogP contribution in [0, 0.1) is 12.8 Å². The summed E-state index contributed by atoms with van der Waals surface area (Å²) in [6.07, 6.45) is 0. The van der Waals surface area contributed by atoms with Crippen LogP contribution in [0.15, 0.2) is 18.2 Å². The quantitative estimate of drug-likeness (QED) is 0.753. The Morgan fingerprint density at radius 2 is 2.31 bits per heavy atom. The summed E-state index contributed by atoms with van der Waals surface area (Å²) in [6, 6.07) is 5.94. The van der Waals surface area contributed by atoms with Gasteiger partial charge in [0.2, 0.25) is 0 Å². The van der Waals surface area contributed by atoms with Crippen molar-refractivity contribution in [2.24, 2.45) is 5.92 Å². The van der Waals surface area contributed by atoms with Crippen LogP contribution in [-0.4, -0.2) is 17.4 Å². The van der Waals surface area contributed by atoms with Gasteiger partial charge in [-0.3, -0.25) is 0 Å². The fraction of sp³-hybridized carbons (Fsp3) is 0.500. The molecule has 0 aliphatic rings. The molecule has 1 heterocycles. The second kappa shape index (κ2) is 5.07. The van der Waals surface area contributed by atoms with E-state index in [4.69, 9.17) is 11.6 Å². The Morgan fingerprint density at radius 3 is 2.92 bits per heavy atom. The molecule has 1 N–H and O–H groups in total. The number of halogens is 1. The molecule has 0 amide bonds. The molecule has 0 aliphatic carbocycles. The molecule has 1 aromatic heterocycles. The van der Waals surface area contributed by atoms with Gasteiger partial charge in [0.1, 0.15) is 5.82 Å². The SMILES string of the molecule is Cc1cccc(NCC(C)CCl)n1. The average molecular weight is 199 g/mol. The summed E-state index contributed by atoms with van der Waals surface area (Å²) >= 11 is 5.69. The smallest absolute Gasteiger partial charge is 0.126 e. The van der Waals surface area contributed by atoms with E-state index >= 15 is 0 Å².